The highest BCUT2D eigenvalue weighted by Gasteiger charge is 2.48. The molecule has 2 atom stereocenters. The molecule has 0 aromatic rings. The van der Waals surface area contributed by atoms with Gasteiger partial charge in [0.2, 0.25) is 11.8 Å². The summed E-state index contributed by atoms with van der Waals surface area (Å²) < 4.78 is 0.0643. The molecule has 74 valence electrons. The minimum absolute atomic E-state index is 0.0643. The highest BCUT2D eigenvalue weighted by molar-refractivity contribution is 8.11. The van der Waals surface area contributed by atoms with E-state index in [1.165, 1.54) is 0 Å². The van der Waals surface area contributed by atoms with Crippen LogP contribution in [0, 0.1) is 11.8 Å². The van der Waals surface area contributed by atoms with E-state index in [1.807, 2.05) is 12.2 Å². The molecule has 1 aliphatic carbocycles. The van der Waals surface area contributed by atoms with Gasteiger partial charge in [0, 0.05) is 0 Å². The first-order valence-corrected chi connectivity index (χ1v) is 5.24. The van der Waals surface area contributed by atoms with Crippen LogP contribution in [0.3, 0.4) is 0 Å². The molecule has 0 bridgehead atoms. The summed E-state index contributed by atoms with van der Waals surface area (Å²) in [4.78, 5) is 24.5. The van der Waals surface area contributed by atoms with Crippen molar-refractivity contribution in [2.45, 2.75) is 12.8 Å². The van der Waals surface area contributed by atoms with Gasteiger partial charge in [0.15, 0.2) is 0 Å². The number of amides is 2. The molecule has 0 N–H and O–H groups in total. The Balaban J connectivity index is 2.33. The van der Waals surface area contributed by atoms with Crippen molar-refractivity contribution in [1.82, 2.24) is 4.90 Å². The zero-order valence-electron chi connectivity index (χ0n) is 7.34. The number of nitrogens with zero attached hydrogens (tertiary/aromatic N) is 1. The molecule has 0 spiro atoms. The van der Waals surface area contributed by atoms with E-state index in [2.05, 4.69) is 12.6 Å². The molecule has 5 heteroatoms. The van der Waals surface area contributed by atoms with Gasteiger partial charge in [-0.25, -0.2) is 4.90 Å². The second-order valence-electron chi connectivity index (χ2n) is 3.45. The summed E-state index contributed by atoms with van der Waals surface area (Å²) in [5, 5.41) is 0. The summed E-state index contributed by atoms with van der Waals surface area (Å²) in [6, 6.07) is 0. The SMILES string of the molecule is O=C1C2CC=CCC2C(=O)N1C(=S)S. The van der Waals surface area contributed by atoms with Gasteiger partial charge in [-0.1, -0.05) is 24.4 Å². The maximum atomic E-state index is 11.7. The molecular formula is C9H9NO2S2. The molecule has 1 aliphatic heterocycles. The molecular weight excluding hydrogens is 218 g/mol. The summed E-state index contributed by atoms with van der Waals surface area (Å²) in [5.41, 5.74) is 0. The Kier molecular flexibility index (Phi) is 2.45. The lowest BCUT2D eigenvalue weighted by atomic mass is 9.85. The summed E-state index contributed by atoms with van der Waals surface area (Å²) in [7, 11) is 0. The van der Waals surface area contributed by atoms with Gasteiger partial charge in [-0.05, 0) is 12.8 Å². The average Bonchev–Trinajstić information content (AvgIpc) is 2.41. The normalized spacial score (nSPS) is 30.8. The van der Waals surface area contributed by atoms with E-state index in [-0.39, 0.29) is 28.0 Å². The predicted octanol–water partition coefficient (Wildman–Crippen LogP) is 1.15. The van der Waals surface area contributed by atoms with Crippen LogP contribution in [-0.2, 0) is 9.59 Å². The fourth-order valence-electron chi connectivity index (χ4n) is 1.99. The van der Waals surface area contributed by atoms with E-state index in [0.29, 0.717) is 12.8 Å². The number of carbonyl (C=O) groups is 2. The number of allylic oxidation sites excluding steroid dienone is 2. The Morgan fingerprint density at radius 3 is 2.07 bits per heavy atom. The first-order valence-electron chi connectivity index (χ1n) is 4.38. The van der Waals surface area contributed by atoms with Crippen LogP contribution >= 0.6 is 24.8 Å². The van der Waals surface area contributed by atoms with Crippen molar-refractivity contribution in [2.75, 3.05) is 0 Å². The monoisotopic (exact) mass is 227 g/mol. The van der Waals surface area contributed by atoms with Crippen LogP contribution in [-0.4, -0.2) is 21.0 Å². The molecule has 0 radical (unpaired) electrons. The van der Waals surface area contributed by atoms with Crippen LogP contribution in [0.15, 0.2) is 12.2 Å². The third-order valence-electron chi connectivity index (χ3n) is 2.70. The van der Waals surface area contributed by atoms with Crippen LogP contribution in [0.4, 0.5) is 0 Å². The summed E-state index contributed by atoms with van der Waals surface area (Å²) in [5.74, 6) is -0.802. The average molecular weight is 227 g/mol. The van der Waals surface area contributed by atoms with E-state index in [4.69, 9.17) is 12.2 Å². The highest BCUT2D eigenvalue weighted by Crippen LogP contribution is 2.35. The van der Waals surface area contributed by atoms with Crippen molar-refractivity contribution < 1.29 is 9.59 Å². The Morgan fingerprint density at radius 1 is 1.29 bits per heavy atom. The number of thiol groups is 1. The molecule has 14 heavy (non-hydrogen) atoms. The maximum Gasteiger partial charge on any atom is 0.239 e. The van der Waals surface area contributed by atoms with Gasteiger partial charge in [0.05, 0.1) is 11.8 Å². The molecule has 0 aromatic heterocycles. The number of likely N-dealkylation sites (tertiary alicyclic amines) is 1. The third-order valence-corrected chi connectivity index (χ3v) is 3.08. The standard InChI is InChI=1S/C9H9NO2S2/c11-7-5-3-1-2-4-6(5)8(12)10(7)9(13)14/h1-2,5-6H,3-4H2,(H,13,14). The number of carbonyl (C=O) groups excluding carboxylic acids is 2. The summed E-state index contributed by atoms with van der Waals surface area (Å²) in [6.07, 6.45) is 5.17. The Morgan fingerprint density at radius 2 is 1.71 bits per heavy atom. The minimum Gasteiger partial charge on any atom is -0.274 e. The van der Waals surface area contributed by atoms with Gasteiger partial charge in [-0.3, -0.25) is 9.59 Å². The molecule has 1 saturated heterocycles. The first-order chi connectivity index (χ1) is 6.63. The lowest BCUT2D eigenvalue weighted by Crippen LogP contribution is -2.33. The molecule has 0 aromatic carbocycles. The molecule has 0 saturated carbocycles. The fourth-order valence-corrected chi connectivity index (χ4v) is 2.37. The van der Waals surface area contributed by atoms with Gasteiger partial charge in [0.1, 0.15) is 4.32 Å². The van der Waals surface area contributed by atoms with Gasteiger partial charge in [0.25, 0.3) is 0 Å². The lowest BCUT2D eigenvalue weighted by molar-refractivity contribution is -0.134. The van der Waals surface area contributed by atoms with Crippen LogP contribution in [0.25, 0.3) is 0 Å². The zero-order valence-corrected chi connectivity index (χ0v) is 9.05. The lowest BCUT2D eigenvalue weighted by Gasteiger charge is -2.14. The van der Waals surface area contributed by atoms with Gasteiger partial charge in [-0.2, -0.15) is 0 Å². The molecule has 2 rings (SSSR count). The van der Waals surface area contributed by atoms with Crippen molar-refractivity contribution in [3.8, 4) is 0 Å². The predicted molar refractivity (Wildman–Crippen MR) is 58.8 cm³/mol. The fraction of sp³-hybridized carbons (Fsp3) is 0.444. The van der Waals surface area contributed by atoms with Crippen molar-refractivity contribution in [2.24, 2.45) is 11.8 Å². The van der Waals surface area contributed by atoms with E-state index in [9.17, 15) is 9.59 Å². The number of hydrogen-bond acceptors (Lipinski definition) is 3. The first kappa shape index (κ1) is 9.86. The number of thiocarbonyl (C=S) groups is 1. The van der Waals surface area contributed by atoms with E-state index >= 15 is 0 Å². The number of rotatable bonds is 0. The second-order valence-corrected chi connectivity index (χ2v) is 4.56. The molecule has 1 fully saturated rings. The minimum atomic E-state index is -0.211. The largest absolute Gasteiger partial charge is 0.274 e. The topological polar surface area (TPSA) is 37.4 Å². The van der Waals surface area contributed by atoms with Crippen molar-refractivity contribution >= 4 is 41.0 Å². The maximum absolute atomic E-state index is 11.7. The Labute approximate surface area is 92.6 Å². The molecule has 2 unspecified atom stereocenters. The van der Waals surface area contributed by atoms with E-state index < -0.39 is 0 Å². The van der Waals surface area contributed by atoms with Crippen molar-refractivity contribution in [3.05, 3.63) is 12.2 Å². The van der Waals surface area contributed by atoms with Gasteiger partial charge in [-0.15, -0.1) is 12.6 Å². The van der Waals surface area contributed by atoms with E-state index in [1.54, 1.807) is 0 Å². The smallest absolute Gasteiger partial charge is 0.239 e. The van der Waals surface area contributed by atoms with Crippen LogP contribution in [0.1, 0.15) is 12.8 Å². The highest BCUT2D eigenvalue weighted by atomic mass is 32.1. The van der Waals surface area contributed by atoms with Gasteiger partial charge >= 0.3 is 0 Å². The number of fused-ring (bicyclic) bond motifs is 1. The van der Waals surface area contributed by atoms with Crippen LogP contribution in [0.5, 0.6) is 0 Å². The summed E-state index contributed by atoms with van der Waals surface area (Å²) >= 11 is 8.65. The molecule has 2 aliphatic rings. The quantitative estimate of drug-likeness (QED) is 0.292. The van der Waals surface area contributed by atoms with Crippen LogP contribution < -0.4 is 0 Å². The molecule has 3 nitrogen and oxygen atoms in total. The Hall–Kier alpha value is -0.680. The van der Waals surface area contributed by atoms with Crippen LogP contribution in [0.2, 0.25) is 0 Å². The van der Waals surface area contributed by atoms with E-state index in [0.717, 1.165) is 4.90 Å². The number of hydrogen-bond donors (Lipinski definition) is 1. The van der Waals surface area contributed by atoms with Gasteiger partial charge < -0.3 is 0 Å². The number of imide groups is 1. The zero-order chi connectivity index (χ0) is 10.3. The third kappa shape index (κ3) is 1.31. The summed E-state index contributed by atoms with van der Waals surface area (Å²) in [6.45, 7) is 0. The second kappa shape index (κ2) is 3.47. The Bertz CT molecular complexity index is 325. The van der Waals surface area contributed by atoms with Crippen molar-refractivity contribution in [1.29, 1.82) is 0 Å². The molecule has 2 amide bonds. The van der Waals surface area contributed by atoms with Crippen molar-refractivity contribution in [3.63, 3.8) is 0 Å². The molecule has 1 heterocycles.